The van der Waals surface area contributed by atoms with Crippen LogP contribution < -0.4 is 10.1 Å². The van der Waals surface area contributed by atoms with Crippen molar-refractivity contribution < 1.29 is 19.1 Å². The molecule has 2 aliphatic rings. The van der Waals surface area contributed by atoms with Gasteiger partial charge in [0.2, 0.25) is 5.91 Å². The number of hydrogen-bond acceptors (Lipinski definition) is 4. The van der Waals surface area contributed by atoms with Crippen LogP contribution in [0.1, 0.15) is 32.1 Å². The summed E-state index contributed by atoms with van der Waals surface area (Å²) in [6, 6.07) is 7.25. The largest absolute Gasteiger partial charge is 0.495 e. The first-order valence-corrected chi connectivity index (χ1v) is 7.30. The number of carbonyl (C=O) groups is 2. The van der Waals surface area contributed by atoms with Gasteiger partial charge in [0.1, 0.15) is 11.4 Å². The van der Waals surface area contributed by atoms with Crippen molar-refractivity contribution in [2.45, 2.75) is 37.7 Å². The van der Waals surface area contributed by atoms with E-state index in [0.29, 0.717) is 11.4 Å². The zero-order valence-electron chi connectivity index (χ0n) is 12.1. The predicted molar refractivity (Wildman–Crippen MR) is 77.0 cm³/mol. The first-order chi connectivity index (χ1) is 10.1. The quantitative estimate of drug-likeness (QED) is 0.868. The number of amides is 1. The second-order valence-electron chi connectivity index (χ2n) is 5.69. The van der Waals surface area contributed by atoms with E-state index in [1.165, 1.54) is 0 Å². The summed E-state index contributed by atoms with van der Waals surface area (Å²) in [4.78, 5) is 24.3. The van der Waals surface area contributed by atoms with E-state index in [-0.39, 0.29) is 18.3 Å². The summed E-state index contributed by atoms with van der Waals surface area (Å²) in [7, 11) is 1.56. The molecule has 1 N–H and O–H groups in total. The van der Waals surface area contributed by atoms with Gasteiger partial charge in [-0.05, 0) is 37.8 Å². The summed E-state index contributed by atoms with van der Waals surface area (Å²) in [5.41, 5.74) is 0.0425. The zero-order valence-corrected chi connectivity index (χ0v) is 12.1. The van der Waals surface area contributed by atoms with Crippen LogP contribution in [0.25, 0.3) is 0 Å². The molecule has 0 radical (unpaired) electrons. The highest BCUT2D eigenvalue weighted by molar-refractivity contribution is 5.98. The van der Waals surface area contributed by atoms with E-state index in [0.717, 1.165) is 25.7 Å². The van der Waals surface area contributed by atoms with Gasteiger partial charge in [-0.25, -0.2) is 0 Å². The maximum Gasteiger partial charge on any atom is 0.307 e. The van der Waals surface area contributed by atoms with Crippen molar-refractivity contribution in [1.82, 2.24) is 0 Å². The van der Waals surface area contributed by atoms with E-state index in [9.17, 15) is 9.59 Å². The van der Waals surface area contributed by atoms with Gasteiger partial charge in [0.25, 0.3) is 0 Å². The molecule has 1 saturated carbocycles. The fourth-order valence-corrected chi connectivity index (χ4v) is 3.42. The predicted octanol–water partition coefficient (Wildman–Crippen LogP) is 2.51. The summed E-state index contributed by atoms with van der Waals surface area (Å²) in [5.74, 6) is -0.224. The zero-order chi connectivity index (χ0) is 14.9. The van der Waals surface area contributed by atoms with Gasteiger partial charge in [0.15, 0.2) is 0 Å². The van der Waals surface area contributed by atoms with Crippen LogP contribution >= 0.6 is 0 Å². The van der Waals surface area contributed by atoms with Gasteiger partial charge in [-0.15, -0.1) is 0 Å². The smallest absolute Gasteiger partial charge is 0.307 e. The molecule has 1 aliphatic carbocycles. The molecule has 1 aromatic rings. The van der Waals surface area contributed by atoms with Crippen LogP contribution in [0.3, 0.4) is 0 Å². The van der Waals surface area contributed by atoms with E-state index in [1.807, 2.05) is 12.1 Å². The molecule has 1 aliphatic heterocycles. The van der Waals surface area contributed by atoms with Crippen molar-refractivity contribution in [2.24, 2.45) is 5.92 Å². The molecule has 1 aromatic carbocycles. The molecule has 1 unspecified atom stereocenters. The van der Waals surface area contributed by atoms with E-state index >= 15 is 0 Å². The Morgan fingerprint density at radius 2 is 2.05 bits per heavy atom. The minimum Gasteiger partial charge on any atom is -0.495 e. The molecule has 2 fully saturated rings. The standard InChI is InChI=1S/C16H19NO4/c1-20-13-7-3-2-6-12(13)17-15(19)11-10-14(18)21-16(11)8-4-5-9-16/h2-3,6-7,11H,4-5,8-10H2,1H3,(H,17,19). The Labute approximate surface area is 123 Å². The van der Waals surface area contributed by atoms with E-state index in [4.69, 9.17) is 9.47 Å². The highest BCUT2D eigenvalue weighted by Gasteiger charge is 2.53. The molecule has 1 spiro atoms. The second kappa shape index (κ2) is 5.39. The summed E-state index contributed by atoms with van der Waals surface area (Å²) in [5, 5.41) is 2.88. The van der Waals surface area contributed by atoms with E-state index in [2.05, 4.69) is 5.32 Å². The van der Waals surface area contributed by atoms with Gasteiger partial charge in [-0.2, -0.15) is 0 Å². The van der Waals surface area contributed by atoms with E-state index in [1.54, 1.807) is 19.2 Å². The number of anilines is 1. The number of rotatable bonds is 3. The van der Waals surface area contributed by atoms with Crippen LogP contribution in [0.15, 0.2) is 24.3 Å². The Bertz CT molecular complexity index is 563. The SMILES string of the molecule is COc1ccccc1NC(=O)C1CC(=O)OC12CCCC2. The third kappa shape index (κ3) is 2.48. The Hall–Kier alpha value is -2.04. The molecule has 1 heterocycles. The Morgan fingerprint density at radius 1 is 1.33 bits per heavy atom. The summed E-state index contributed by atoms with van der Waals surface area (Å²) in [6.07, 6.45) is 3.74. The highest BCUT2D eigenvalue weighted by Crippen LogP contribution is 2.46. The van der Waals surface area contributed by atoms with Gasteiger partial charge >= 0.3 is 5.97 Å². The molecular formula is C16H19NO4. The van der Waals surface area contributed by atoms with Crippen molar-refractivity contribution in [3.05, 3.63) is 24.3 Å². The number of benzene rings is 1. The molecule has 5 nitrogen and oxygen atoms in total. The molecular weight excluding hydrogens is 270 g/mol. The second-order valence-corrected chi connectivity index (χ2v) is 5.69. The van der Waals surface area contributed by atoms with Crippen LogP contribution in [0, 0.1) is 5.92 Å². The Balaban J connectivity index is 1.80. The summed E-state index contributed by atoms with van der Waals surface area (Å²) in [6.45, 7) is 0. The normalized spacial score (nSPS) is 23.1. The summed E-state index contributed by atoms with van der Waals surface area (Å²) < 4.78 is 10.7. The molecule has 1 amide bonds. The van der Waals surface area contributed by atoms with Gasteiger partial charge in [0.05, 0.1) is 25.1 Å². The van der Waals surface area contributed by atoms with Crippen molar-refractivity contribution in [1.29, 1.82) is 0 Å². The highest BCUT2D eigenvalue weighted by atomic mass is 16.6. The number of esters is 1. The molecule has 5 heteroatoms. The lowest BCUT2D eigenvalue weighted by atomic mass is 9.85. The lowest BCUT2D eigenvalue weighted by Crippen LogP contribution is -2.39. The van der Waals surface area contributed by atoms with Crippen LogP contribution in [0.2, 0.25) is 0 Å². The lowest BCUT2D eigenvalue weighted by Gasteiger charge is -2.28. The monoisotopic (exact) mass is 289 g/mol. The maximum atomic E-state index is 12.6. The Kier molecular flexibility index (Phi) is 3.57. The van der Waals surface area contributed by atoms with Gasteiger partial charge < -0.3 is 14.8 Å². The molecule has 1 atom stereocenters. The fraction of sp³-hybridized carbons (Fsp3) is 0.500. The molecule has 3 rings (SSSR count). The van der Waals surface area contributed by atoms with Gasteiger partial charge in [-0.3, -0.25) is 9.59 Å². The lowest BCUT2D eigenvalue weighted by molar-refractivity contribution is -0.149. The van der Waals surface area contributed by atoms with Gasteiger partial charge in [0, 0.05) is 0 Å². The maximum absolute atomic E-state index is 12.6. The van der Waals surface area contributed by atoms with E-state index < -0.39 is 11.5 Å². The number of methoxy groups -OCH3 is 1. The number of carbonyl (C=O) groups excluding carboxylic acids is 2. The number of hydrogen-bond donors (Lipinski definition) is 1. The molecule has 112 valence electrons. The minimum absolute atomic E-state index is 0.160. The van der Waals surface area contributed by atoms with Crippen LogP contribution in [-0.2, 0) is 14.3 Å². The van der Waals surface area contributed by atoms with Crippen LogP contribution in [0.4, 0.5) is 5.69 Å². The molecule has 21 heavy (non-hydrogen) atoms. The Morgan fingerprint density at radius 3 is 2.76 bits per heavy atom. The number of para-hydroxylation sites is 2. The molecule has 0 aromatic heterocycles. The van der Waals surface area contributed by atoms with Crippen molar-refractivity contribution in [3.63, 3.8) is 0 Å². The molecule has 1 saturated heterocycles. The van der Waals surface area contributed by atoms with Crippen LogP contribution in [-0.4, -0.2) is 24.6 Å². The average molecular weight is 289 g/mol. The third-order valence-electron chi connectivity index (χ3n) is 4.45. The van der Waals surface area contributed by atoms with Crippen molar-refractivity contribution in [3.8, 4) is 5.75 Å². The topological polar surface area (TPSA) is 64.6 Å². The van der Waals surface area contributed by atoms with Gasteiger partial charge in [-0.1, -0.05) is 12.1 Å². The fourth-order valence-electron chi connectivity index (χ4n) is 3.42. The molecule has 0 bridgehead atoms. The number of nitrogens with one attached hydrogen (secondary N) is 1. The first kappa shape index (κ1) is 13.9. The first-order valence-electron chi connectivity index (χ1n) is 7.30. The minimum atomic E-state index is -0.580. The van der Waals surface area contributed by atoms with Crippen molar-refractivity contribution in [2.75, 3.05) is 12.4 Å². The third-order valence-corrected chi connectivity index (χ3v) is 4.45. The van der Waals surface area contributed by atoms with Crippen molar-refractivity contribution >= 4 is 17.6 Å². The number of ether oxygens (including phenoxy) is 2. The van der Waals surface area contributed by atoms with Crippen LogP contribution in [0.5, 0.6) is 5.75 Å². The summed E-state index contributed by atoms with van der Waals surface area (Å²) >= 11 is 0. The average Bonchev–Trinajstić information content (AvgIpc) is 3.07.